The van der Waals surface area contributed by atoms with Gasteiger partial charge in [-0.1, -0.05) is 19.1 Å². The summed E-state index contributed by atoms with van der Waals surface area (Å²) in [6, 6.07) is 7.94. The fourth-order valence-corrected chi connectivity index (χ4v) is 1.27. The summed E-state index contributed by atoms with van der Waals surface area (Å²) in [4.78, 5) is 0. The molecule has 1 aromatic rings. The van der Waals surface area contributed by atoms with Crippen LogP contribution in [-0.4, -0.2) is 26.8 Å². The lowest BCUT2D eigenvalue weighted by molar-refractivity contribution is 0.123. The zero-order chi connectivity index (χ0) is 10.9. The molecule has 0 spiro atoms. The first-order valence-corrected chi connectivity index (χ1v) is 5.28. The molecular formula is C12H19NO2. The molecule has 0 saturated heterocycles. The molecule has 0 fully saturated rings. The van der Waals surface area contributed by atoms with Crippen LogP contribution in [0.3, 0.4) is 0 Å². The number of methoxy groups -OCH3 is 1. The van der Waals surface area contributed by atoms with Crippen LogP contribution in [0.2, 0.25) is 0 Å². The smallest absolute Gasteiger partial charge is 0.119 e. The molecule has 3 heteroatoms. The Kier molecular flexibility index (Phi) is 5.81. The number of rotatable bonds is 7. The van der Waals surface area contributed by atoms with Crippen LogP contribution in [0.15, 0.2) is 24.3 Å². The molecule has 0 unspecified atom stereocenters. The predicted molar refractivity (Wildman–Crippen MR) is 61.2 cm³/mol. The highest BCUT2D eigenvalue weighted by atomic mass is 16.5. The zero-order valence-electron chi connectivity index (χ0n) is 9.45. The van der Waals surface area contributed by atoms with Crippen molar-refractivity contribution >= 4 is 0 Å². The maximum Gasteiger partial charge on any atom is 0.119 e. The minimum atomic E-state index is 0.641. The Morgan fingerprint density at radius 3 is 2.93 bits per heavy atom. The quantitative estimate of drug-likeness (QED) is 0.695. The Bertz CT molecular complexity index is 276. The highest BCUT2D eigenvalue weighted by molar-refractivity contribution is 5.27. The van der Waals surface area contributed by atoms with Crippen molar-refractivity contribution in [3.8, 4) is 5.75 Å². The Balaban J connectivity index is 2.24. The van der Waals surface area contributed by atoms with Gasteiger partial charge in [0.2, 0.25) is 0 Å². The Hall–Kier alpha value is -1.06. The molecule has 0 aromatic heterocycles. The molecule has 1 N–H and O–H groups in total. The number of ether oxygens (including phenoxy) is 2. The van der Waals surface area contributed by atoms with Gasteiger partial charge in [-0.05, 0) is 24.2 Å². The van der Waals surface area contributed by atoms with E-state index < -0.39 is 0 Å². The number of likely N-dealkylation sites (N-methyl/N-ethyl adjacent to an activating group) is 1. The van der Waals surface area contributed by atoms with Crippen LogP contribution in [0.4, 0.5) is 0 Å². The molecule has 0 aliphatic heterocycles. The van der Waals surface area contributed by atoms with Gasteiger partial charge in [-0.2, -0.15) is 0 Å². The molecule has 0 amide bonds. The van der Waals surface area contributed by atoms with E-state index in [-0.39, 0.29) is 0 Å². The molecule has 0 radical (unpaired) electrons. The van der Waals surface area contributed by atoms with Gasteiger partial charge in [0, 0.05) is 6.54 Å². The third-order valence-electron chi connectivity index (χ3n) is 2.08. The molecule has 0 atom stereocenters. The largest absolute Gasteiger partial charge is 0.497 e. The maximum absolute atomic E-state index is 5.50. The summed E-state index contributed by atoms with van der Waals surface area (Å²) in [6.07, 6.45) is 0. The minimum Gasteiger partial charge on any atom is -0.497 e. The van der Waals surface area contributed by atoms with E-state index in [0.29, 0.717) is 6.61 Å². The first kappa shape index (κ1) is 12.0. The average Bonchev–Trinajstić information content (AvgIpc) is 2.29. The predicted octanol–water partition coefficient (Wildman–Crippen LogP) is 1.82. The molecular weight excluding hydrogens is 190 g/mol. The normalized spacial score (nSPS) is 10.3. The van der Waals surface area contributed by atoms with Gasteiger partial charge in [-0.15, -0.1) is 0 Å². The van der Waals surface area contributed by atoms with E-state index in [0.717, 1.165) is 31.0 Å². The van der Waals surface area contributed by atoms with E-state index in [4.69, 9.17) is 9.47 Å². The third kappa shape index (κ3) is 4.81. The van der Waals surface area contributed by atoms with E-state index in [1.165, 1.54) is 0 Å². The molecule has 0 aliphatic rings. The molecule has 0 saturated carbocycles. The monoisotopic (exact) mass is 209 g/mol. The van der Waals surface area contributed by atoms with Gasteiger partial charge >= 0.3 is 0 Å². The van der Waals surface area contributed by atoms with Gasteiger partial charge in [-0.25, -0.2) is 0 Å². The van der Waals surface area contributed by atoms with Crippen molar-refractivity contribution < 1.29 is 9.47 Å². The summed E-state index contributed by atoms with van der Waals surface area (Å²) >= 11 is 0. The van der Waals surface area contributed by atoms with Crippen LogP contribution in [0.1, 0.15) is 12.5 Å². The highest BCUT2D eigenvalue weighted by Crippen LogP contribution is 2.12. The summed E-state index contributed by atoms with van der Waals surface area (Å²) in [5.41, 5.74) is 1.14. The second-order valence-corrected chi connectivity index (χ2v) is 3.26. The fraction of sp³-hybridized carbons (Fsp3) is 0.500. The summed E-state index contributed by atoms with van der Waals surface area (Å²) in [5, 5.41) is 3.21. The minimum absolute atomic E-state index is 0.641. The number of hydrogen-bond acceptors (Lipinski definition) is 3. The standard InChI is InChI=1S/C12H19NO2/c1-3-13-7-8-15-10-11-5-4-6-12(9-11)14-2/h4-6,9,13H,3,7-8,10H2,1-2H3. The number of benzene rings is 1. The summed E-state index contributed by atoms with van der Waals surface area (Å²) in [7, 11) is 1.67. The molecule has 0 aliphatic carbocycles. The molecule has 0 bridgehead atoms. The Labute approximate surface area is 91.4 Å². The van der Waals surface area contributed by atoms with Crippen molar-refractivity contribution in [1.82, 2.24) is 5.32 Å². The van der Waals surface area contributed by atoms with Crippen molar-refractivity contribution in [3.63, 3.8) is 0 Å². The lowest BCUT2D eigenvalue weighted by Crippen LogP contribution is -2.18. The first-order valence-electron chi connectivity index (χ1n) is 5.28. The molecule has 15 heavy (non-hydrogen) atoms. The van der Waals surface area contributed by atoms with E-state index in [9.17, 15) is 0 Å². The molecule has 1 aromatic carbocycles. The van der Waals surface area contributed by atoms with E-state index in [1.54, 1.807) is 7.11 Å². The van der Waals surface area contributed by atoms with Crippen molar-refractivity contribution in [1.29, 1.82) is 0 Å². The van der Waals surface area contributed by atoms with Gasteiger partial charge in [-0.3, -0.25) is 0 Å². The first-order chi connectivity index (χ1) is 7.36. The number of nitrogens with one attached hydrogen (secondary N) is 1. The number of hydrogen-bond donors (Lipinski definition) is 1. The second kappa shape index (κ2) is 7.26. The molecule has 84 valence electrons. The van der Waals surface area contributed by atoms with Crippen LogP contribution < -0.4 is 10.1 Å². The Morgan fingerprint density at radius 1 is 1.33 bits per heavy atom. The SMILES string of the molecule is CCNCCOCc1cccc(OC)c1. The lowest BCUT2D eigenvalue weighted by atomic mass is 10.2. The van der Waals surface area contributed by atoms with Crippen molar-refractivity contribution in [2.45, 2.75) is 13.5 Å². The second-order valence-electron chi connectivity index (χ2n) is 3.26. The van der Waals surface area contributed by atoms with Crippen molar-refractivity contribution in [2.75, 3.05) is 26.8 Å². The van der Waals surface area contributed by atoms with E-state index in [1.807, 2.05) is 24.3 Å². The molecule has 3 nitrogen and oxygen atoms in total. The van der Waals surface area contributed by atoms with Crippen LogP contribution in [0, 0.1) is 0 Å². The van der Waals surface area contributed by atoms with Crippen LogP contribution in [0.5, 0.6) is 5.75 Å². The van der Waals surface area contributed by atoms with Gasteiger partial charge in [0.05, 0.1) is 20.3 Å². The maximum atomic E-state index is 5.50. The Morgan fingerprint density at radius 2 is 2.20 bits per heavy atom. The van der Waals surface area contributed by atoms with Gasteiger partial charge in [0.15, 0.2) is 0 Å². The molecule has 0 heterocycles. The van der Waals surface area contributed by atoms with Gasteiger partial charge in [0.25, 0.3) is 0 Å². The van der Waals surface area contributed by atoms with Crippen molar-refractivity contribution in [3.05, 3.63) is 29.8 Å². The van der Waals surface area contributed by atoms with Crippen LogP contribution in [0.25, 0.3) is 0 Å². The third-order valence-corrected chi connectivity index (χ3v) is 2.08. The van der Waals surface area contributed by atoms with Gasteiger partial charge < -0.3 is 14.8 Å². The van der Waals surface area contributed by atoms with E-state index in [2.05, 4.69) is 12.2 Å². The molecule has 1 rings (SSSR count). The van der Waals surface area contributed by atoms with Gasteiger partial charge in [0.1, 0.15) is 5.75 Å². The fourth-order valence-electron chi connectivity index (χ4n) is 1.27. The topological polar surface area (TPSA) is 30.5 Å². The zero-order valence-corrected chi connectivity index (χ0v) is 9.45. The summed E-state index contributed by atoms with van der Waals surface area (Å²) in [6.45, 7) is 5.36. The van der Waals surface area contributed by atoms with E-state index >= 15 is 0 Å². The van der Waals surface area contributed by atoms with Crippen LogP contribution in [-0.2, 0) is 11.3 Å². The lowest BCUT2D eigenvalue weighted by Gasteiger charge is -2.06. The van der Waals surface area contributed by atoms with Crippen molar-refractivity contribution in [2.24, 2.45) is 0 Å². The highest BCUT2D eigenvalue weighted by Gasteiger charge is 1.95. The van der Waals surface area contributed by atoms with Crippen LogP contribution >= 0.6 is 0 Å². The average molecular weight is 209 g/mol. The summed E-state index contributed by atoms with van der Waals surface area (Å²) in [5.74, 6) is 0.878. The summed E-state index contributed by atoms with van der Waals surface area (Å²) < 4.78 is 10.6.